The first-order valence-electron chi connectivity index (χ1n) is 6.30. The van der Waals surface area contributed by atoms with E-state index in [1.807, 2.05) is 13.8 Å². The first-order valence-corrected chi connectivity index (χ1v) is 6.30. The van der Waals surface area contributed by atoms with E-state index < -0.39 is 6.04 Å². The SMILES string of the molecule is CCN(CC)C(=O)C(C)NC(=O)c1ccc(N)cn1. The molecular formula is C13H20N4O2. The van der Waals surface area contributed by atoms with E-state index in [9.17, 15) is 9.59 Å². The number of carbonyl (C=O) groups excluding carboxylic acids is 2. The van der Waals surface area contributed by atoms with Crippen LogP contribution in [0.15, 0.2) is 18.3 Å². The number of amides is 2. The number of nitrogen functional groups attached to an aromatic ring is 1. The topological polar surface area (TPSA) is 88.3 Å². The van der Waals surface area contributed by atoms with Gasteiger partial charge in [0.2, 0.25) is 5.91 Å². The Balaban J connectivity index is 2.66. The maximum absolute atomic E-state index is 12.0. The summed E-state index contributed by atoms with van der Waals surface area (Å²) in [5.74, 6) is -0.484. The molecule has 3 N–H and O–H groups in total. The van der Waals surface area contributed by atoms with Gasteiger partial charge in [-0.2, -0.15) is 0 Å². The highest BCUT2D eigenvalue weighted by Crippen LogP contribution is 2.02. The number of likely N-dealkylation sites (N-methyl/N-ethyl adjacent to an activating group) is 1. The number of carbonyl (C=O) groups is 2. The van der Waals surface area contributed by atoms with Crippen molar-refractivity contribution in [3.8, 4) is 0 Å². The van der Waals surface area contributed by atoms with Crippen molar-refractivity contribution >= 4 is 17.5 Å². The lowest BCUT2D eigenvalue weighted by atomic mass is 10.2. The molecule has 6 nitrogen and oxygen atoms in total. The van der Waals surface area contributed by atoms with Crippen LogP contribution in [0.5, 0.6) is 0 Å². The van der Waals surface area contributed by atoms with E-state index in [4.69, 9.17) is 5.73 Å². The van der Waals surface area contributed by atoms with Crippen LogP contribution in [0, 0.1) is 0 Å². The molecule has 0 saturated carbocycles. The number of hydrogen-bond donors (Lipinski definition) is 2. The van der Waals surface area contributed by atoms with Gasteiger partial charge in [0.25, 0.3) is 5.91 Å². The summed E-state index contributed by atoms with van der Waals surface area (Å²) in [7, 11) is 0. The third-order valence-corrected chi connectivity index (χ3v) is 2.81. The smallest absolute Gasteiger partial charge is 0.270 e. The molecule has 0 aliphatic heterocycles. The van der Waals surface area contributed by atoms with E-state index in [0.29, 0.717) is 18.8 Å². The summed E-state index contributed by atoms with van der Waals surface area (Å²) in [4.78, 5) is 29.5. The summed E-state index contributed by atoms with van der Waals surface area (Å²) in [5, 5.41) is 2.63. The van der Waals surface area contributed by atoms with Crippen molar-refractivity contribution in [2.24, 2.45) is 0 Å². The van der Waals surface area contributed by atoms with Gasteiger partial charge in [0.15, 0.2) is 0 Å². The highest BCUT2D eigenvalue weighted by Gasteiger charge is 2.20. The van der Waals surface area contributed by atoms with Crippen molar-refractivity contribution < 1.29 is 9.59 Å². The lowest BCUT2D eigenvalue weighted by molar-refractivity contribution is -0.132. The molecule has 0 aromatic carbocycles. The first kappa shape index (κ1) is 14.9. The van der Waals surface area contributed by atoms with E-state index in [1.165, 1.54) is 12.3 Å². The zero-order valence-corrected chi connectivity index (χ0v) is 11.5. The molecule has 6 heteroatoms. The van der Waals surface area contributed by atoms with Crippen LogP contribution in [0.25, 0.3) is 0 Å². The summed E-state index contributed by atoms with van der Waals surface area (Å²) >= 11 is 0. The molecule has 1 aromatic heterocycles. The fraction of sp³-hybridized carbons (Fsp3) is 0.462. The van der Waals surface area contributed by atoms with Gasteiger partial charge in [-0.25, -0.2) is 4.98 Å². The van der Waals surface area contributed by atoms with Crippen LogP contribution in [-0.4, -0.2) is 40.8 Å². The molecule has 0 radical (unpaired) electrons. The first-order chi connectivity index (χ1) is 8.99. The Hall–Kier alpha value is -2.11. The van der Waals surface area contributed by atoms with Crippen LogP contribution in [0.2, 0.25) is 0 Å². The van der Waals surface area contributed by atoms with Gasteiger partial charge in [0.1, 0.15) is 11.7 Å². The minimum Gasteiger partial charge on any atom is -0.397 e. The molecule has 0 aliphatic carbocycles. The van der Waals surface area contributed by atoms with E-state index in [0.717, 1.165) is 0 Å². The molecule has 1 unspecified atom stereocenters. The van der Waals surface area contributed by atoms with Gasteiger partial charge in [-0.05, 0) is 32.9 Å². The monoisotopic (exact) mass is 264 g/mol. The molecule has 1 heterocycles. The van der Waals surface area contributed by atoms with Gasteiger partial charge in [-0.1, -0.05) is 0 Å². The van der Waals surface area contributed by atoms with Crippen molar-refractivity contribution in [3.05, 3.63) is 24.0 Å². The van der Waals surface area contributed by atoms with Crippen molar-refractivity contribution in [1.29, 1.82) is 0 Å². The Morgan fingerprint density at radius 1 is 1.37 bits per heavy atom. The second-order valence-corrected chi connectivity index (χ2v) is 4.18. The largest absolute Gasteiger partial charge is 0.397 e. The van der Waals surface area contributed by atoms with Crippen LogP contribution >= 0.6 is 0 Å². The minimum absolute atomic E-state index is 0.103. The second kappa shape index (κ2) is 6.72. The van der Waals surface area contributed by atoms with Crippen molar-refractivity contribution in [1.82, 2.24) is 15.2 Å². The number of nitrogens with two attached hydrogens (primary N) is 1. The highest BCUT2D eigenvalue weighted by molar-refractivity contribution is 5.96. The normalized spacial score (nSPS) is 11.7. The van der Waals surface area contributed by atoms with Gasteiger partial charge in [-0.3, -0.25) is 9.59 Å². The fourth-order valence-corrected chi connectivity index (χ4v) is 1.68. The third kappa shape index (κ3) is 3.94. The number of pyridine rings is 1. The van der Waals surface area contributed by atoms with E-state index in [-0.39, 0.29) is 17.5 Å². The lowest BCUT2D eigenvalue weighted by Crippen LogP contribution is -2.47. The molecule has 1 aromatic rings. The maximum Gasteiger partial charge on any atom is 0.270 e. The number of nitrogens with zero attached hydrogens (tertiary/aromatic N) is 2. The van der Waals surface area contributed by atoms with Crippen molar-refractivity contribution in [2.75, 3.05) is 18.8 Å². The summed E-state index contributed by atoms with van der Waals surface area (Å²) in [6.45, 7) is 6.70. The summed E-state index contributed by atoms with van der Waals surface area (Å²) < 4.78 is 0. The van der Waals surface area contributed by atoms with E-state index in [1.54, 1.807) is 17.9 Å². The molecule has 1 rings (SSSR count). The van der Waals surface area contributed by atoms with Crippen LogP contribution in [-0.2, 0) is 4.79 Å². The Kier molecular flexibility index (Phi) is 5.29. The van der Waals surface area contributed by atoms with Crippen LogP contribution in [0.1, 0.15) is 31.3 Å². The predicted octanol–water partition coefficient (Wildman–Crippen LogP) is 0.650. The fourth-order valence-electron chi connectivity index (χ4n) is 1.68. The quantitative estimate of drug-likeness (QED) is 0.817. The van der Waals surface area contributed by atoms with Gasteiger partial charge < -0.3 is 16.0 Å². The minimum atomic E-state index is -0.577. The van der Waals surface area contributed by atoms with E-state index in [2.05, 4.69) is 10.3 Å². The average Bonchev–Trinajstić information content (AvgIpc) is 2.40. The second-order valence-electron chi connectivity index (χ2n) is 4.18. The van der Waals surface area contributed by atoms with Crippen LogP contribution < -0.4 is 11.1 Å². The number of anilines is 1. The third-order valence-electron chi connectivity index (χ3n) is 2.81. The molecular weight excluding hydrogens is 244 g/mol. The summed E-state index contributed by atoms with van der Waals surface area (Å²) in [5.41, 5.74) is 6.23. The Morgan fingerprint density at radius 3 is 2.47 bits per heavy atom. The lowest BCUT2D eigenvalue weighted by Gasteiger charge is -2.23. The molecule has 2 amide bonds. The molecule has 0 aliphatic rings. The molecule has 0 spiro atoms. The van der Waals surface area contributed by atoms with Gasteiger partial charge >= 0.3 is 0 Å². The molecule has 19 heavy (non-hydrogen) atoms. The number of aromatic nitrogens is 1. The Labute approximate surface area is 113 Å². The zero-order valence-electron chi connectivity index (χ0n) is 11.5. The molecule has 104 valence electrons. The average molecular weight is 264 g/mol. The standard InChI is InChI=1S/C13H20N4O2/c1-4-17(5-2)13(19)9(3)16-12(18)11-7-6-10(14)8-15-11/h6-9H,4-5,14H2,1-3H3,(H,16,18). The Bertz CT molecular complexity index is 440. The van der Waals surface area contributed by atoms with Crippen molar-refractivity contribution in [3.63, 3.8) is 0 Å². The summed E-state index contributed by atoms with van der Waals surface area (Å²) in [6, 6.07) is 2.55. The van der Waals surface area contributed by atoms with Crippen LogP contribution in [0.4, 0.5) is 5.69 Å². The maximum atomic E-state index is 12.0. The van der Waals surface area contributed by atoms with Crippen molar-refractivity contribution in [2.45, 2.75) is 26.8 Å². The van der Waals surface area contributed by atoms with Gasteiger partial charge in [0.05, 0.1) is 11.9 Å². The molecule has 1 atom stereocenters. The van der Waals surface area contributed by atoms with Crippen LogP contribution in [0.3, 0.4) is 0 Å². The Morgan fingerprint density at radius 2 is 2.00 bits per heavy atom. The van der Waals surface area contributed by atoms with E-state index >= 15 is 0 Å². The molecule has 0 bridgehead atoms. The van der Waals surface area contributed by atoms with Gasteiger partial charge in [0, 0.05) is 13.1 Å². The molecule has 0 saturated heterocycles. The highest BCUT2D eigenvalue weighted by atomic mass is 16.2. The zero-order chi connectivity index (χ0) is 14.4. The molecule has 0 fully saturated rings. The number of rotatable bonds is 5. The number of nitrogens with one attached hydrogen (secondary N) is 1. The summed E-state index contributed by atoms with van der Waals surface area (Å²) in [6.07, 6.45) is 1.41. The number of hydrogen-bond acceptors (Lipinski definition) is 4. The van der Waals surface area contributed by atoms with Gasteiger partial charge in [-0.15, -0.1) is 0 Å². The predicted molar refractivity (Wildman–Crippen MR) is 73.5 cm³/mol.